The van der Waals surface area contributed by atoms with Crippen molar-refractivity contribution < 1.29 is 38.2 Å². The lowest BCUT2D eigenvalue weighted by Crippen LogP contribution is -2.50. The second-order valence-corrected chi connectivity index (χ2v) is 18.4. The van der Waals surface area contributed by atoms with Gasteiger partial charge in [-0.15, -0.1) is 0 Å². The van der Waals surface area contributed by atoms with Gasteiger partial charge in [0.1, 0.15) is 6.61 Å². The van der Waals surface area contributed by atoms with Crippen LogP contribution in [0.15, 0.2) is 60.8 Å². The molecular formula is C55H98NO7+. The van der Waals surface area contributed by atoms with Crippen LogP contribution in [0.3, 0.4) is 0 Å². The lowest BCUT2D eigenvalue weighted by Gasteiger charge is -2.31. The highest BCUT2D eigenvalue weighted by atomic mass is 16.6. The highest BCUT2D eigenvalue weighted by Gasteiger charge is 2.31. The normalized spacial score (nSPS) is 13.3. The number of rotatable bonds is 46. The van der Waals surface area contributed by atoms with Crippen LogP contribution in [-0.4, -0.2) is 80.6 Å². The molecule has 8 nitrogen and oxygen atoms in total. The summed E-state index contributed by atoms with van der Waals surface area (Å²) in [6, 6.07) is -0.621. The number of allylic oxidation sites excluding steroid dienone is 10. The molecule has 0 saturated carbocycles. The van der Waals surface area contributed by atoms with E-state index in [1.807, 2.05) is 21.1 Å². The second kappa shape index (κ2) is 45.6. The van der Waals surface area contributed by atoms with E-state index in [2.05, 4.69) is 74.6 Å². The van der Waals surface area contributed by atoms with Crippen LogP contribution in [0.25, 0.3) is 0 Å². The second-order valence-electron chi connectivity index (χ2n) is 18.4. The smallest absolute Gasteiger partial charge is 0.362 e. The van der Waals surface area contributed by atoms with Gasteiger partial charge in [-0.05, 0) is 77.0 Å². The van der Waals surface area contributed by atoms with Crippen molar-refractivity contribution in [1.29, 1.82) is 0 Å². The first-order chi connectivity index (χ1) is 30.6. The minimum atomic E-state index is -0.879. The predicted octanol–water partition coefficient (Wildman–Crippen LogP) is 14.9. The Balaban J connectivity index is 4.25. The first-order valence-corrected chi connectivity index (χ1v) is 25.8. The molecule has 0 fully saturated rings. The molecule has 8 heteroatoms. The molecule has 0 aliphatic carbocycles. The third kappa shape index (κ3) is 44.0. The van der Waals surface area contributed by atoms with Crippen molar-refractivity contribution in [3.05, 3.63) is 60.8 Å². The van der Waals surface area contributed by atoms with Crippen molar-refractivity contribution in [2.45, 2.75) is 231 Å². The maximum atomic E-state index is 12.8. The Morgan fingerprint density at radius 1 is 0.492 bits per heavy atom. The number of aliphatic carboxylic acids is 1. The summed E-state index contributed by atoms with van der Waals surface area (Å²) < 4.78 is 17.3. The fourth-order valence-electron chi connectivity index (χ4n) is 7.43. The fraction of sp³-hybridized carbons (Fsp3) is 0.764. The zero-order chi connectivity index (χ0) is 46.3. The number of carboxylic acids is 1. The van der Waals surface area contributed by atoms with Gasteiger partial charge in [-0.25, -0.2) is 4.79 Å². The Labute approximate surface area is 388 Å². The molecule has 0 amide bonds. The highest BCUT2D eigenvalue weighted by Crippen LogP contribution is 2.15. The maximum absolute atomic E-state index is 12.8. The molecule has 0 aromatic rings. The van der Waals surface area contributed by atoms with Gasteiger partial charge in [-0.2, -0.15) is 0 Å². The molecule has 0 saturated heterocycles. The quantitative estimate of drug-likeness (QED) is 0.0281. The third-order valence-corrected chi connectivity index (χ3v) is 11.4. The number of ether oxygens (including phenoxy) is 3. The van der Waals surface area contributed by atoms with E-state index in [1.54, 1.807) is 0 Å². The number of likely N-dealkylation sites (N-methyl/N-ethyl adjacent to an activating group) is 1. The Morgan fingerprint density at radius 2 is 0.889 bits per heavy atom. The van der Waals surface area contributed by atoms with Gasteiger partial charge in [0.25, 0.3) is 0 Å². The SMILES string of the molecule is CC/C=C/C/C=C/C/C=C/CCCCCCCCC(=O)OC(COCCC(C(=O)O)[N+](C)(C)C)COC(=O)CCCCCCCCC/C=C/C/C=C/CCCCCCCCCCC. The molecule has 0 heterocycles. The van der Waals surface area contributed by atoms with Gasteiger partial charge in [-0.3, -0.25) is 9.59 Å². The molecule has 1 N–H and O–H groups in total. The van der Waals surface area contributed by atoms with E-state index < -0.39 is 18.1 Å². The monoisotopic (exact) mass is 885 g/mol. The van der Waals surface area contributed by atoms with Crippen molar-refractivity contribution in [3.8, 4) is 0 Å². The number of quaternary nitrogens is 1. The summed E-state index contributed by atoms with van der Waals surface area (Å²) >= 11 is 0. The van der Waals surface area contributed by atoms with E-state index in [0.29, 0.717) is 19.3 Å². The zero-order valence-electron chi connectivity index (χ0n) is 41.5. The molecule has 364 valence electrons. The summed E-state index contributed by atoms with van der Waals surface area (Å²) in [4.78, 5) is 37.1. The molecule has 63 heavy (non-hydrogen) atoms. The summed E-state index contributed by atoms with van der Waals surface area (Å²) in [7, 11) is 5.52. The first-order valence-electron chi connectivity index (χ1n) is 25.8. The molecule has 0 aromatic heterocycles. The molecular weight excluding hydrogens is 787 g/mol. The maximum Gasteiger partial charge on any atom is 0.362 e. The van der Waals surface area contributed by atoms with Crippen LogP contribution >= 0.6 is 0 Å². The molecule has 0 aromatic carbocycles. The third-order valence-electron chi connectivity index (χ3n) is 11.4. The average Bonchev–Trinajstić information content (AvgIpc) is 3.24. The molecule has 2 atom stereocenters. The van der Waals surface area contributed by atoms with Crippen molar-refractivity contribution in [2.75, 3.05) is 41.0 Å². The van der Waals surface area contributed by atoms with Crippen molar-refractivity contribution in [1.82, 2.24) is 0 Å². The molecule has 0 aliphatic heterocycles. The summed E-state index contributed by atoms with van der Waals surface area (Å²) in [6.07, 6.45) is 57.0. The van der Waals surface area contributed by atoms with E-state index in [9.17, 15) is 19.5 Å². The number of esters is 2. The van der Waals surface area contributed by atoms with Gasteiger partial charge in [0.2, 0.25) is 0 Å². The van der Waals surface area contributed by atoms with Gasteiger partial charge in [-0.1, -0.05) is 184 Å². The van der Waals surface area contributed by atoms with Crippen LogP contribution in [0, 0.1) is 0 Å². The van der Waals surface area contributed by atoms with Crippen LogP contribution < -0.4 is 0 Å². The fourth-order valence-corrected chi connectivity index (χ4v) is 7.43. The summed E-state index contributed by atoms with van der Waals surface area (Å²) in [5.41, 5.74) is 0. The Bertz CT molecular complexity index is 1210. The lowest BCUT2D eigenvalue weighted by atomic mass is 10.1. The zero-order valence-corrected chi connectivity index (χ0v) is 41.5. The Kier molecular flexibility index (Phi) is 43.4. The number of hydrogen-bond acceptors (Lipinski definition) is 6. The van der Waals surface area contributed by atoms with Crippen molar-refractivity contribution in [3.63, 3.8) is 0 Å². The van der Waals surface area contributed by atoms with Gasteiger partial charge < -0.3 is 23.8 Å². The highest BCUT2D eigenvalue weighted by molar-refractivity contribution is 5.72. The van der Waals surface area contributed by atoms with Crippen LogP contribution in [-0.2, 0) is 28.6 Å². The van der Waals surface area contributed by atoms with Crippen LogP contribution in [0.1, 0.15) is 219 Å². The average molecular weight is 885 g/mol. The van der Waals surface area contributed by atoms with Crippen LogP contribution in [0.2, 0.25) is 0 Å². The van der Waals surface area contributed by atoms with Crippen molar-refractivity contribution in [2.24, 2.45) is 0 Å². The number of unbranched alkanes of at least 4 members (excludes halogenated alkanes) is 22. The Morgan fingerprint density at radius 3 is 1.32 bits per heavy atom. The summed E-state index contributed by atoms with van der Waals surface area (Å²) in [5.74, 6) is -1.49. The minimum absolute atomic E-state index is 0.0514. The van der Waals surface area contributed by atoms with E-state index in [-0.39, 0.29) is 36.2 Å². The van der Waals surface area contributed by atoms with E-state index in [0.717, 1.165) is 83.5 Å². The molecule has 0 spiro atoms. The Hall–Kier alpha value is -2.97. The predicted molar refractivity (Wildman–Crippen MR) is 266 cm³/mol. The van der Waals surface area contributed by atoms with E-state index >= 15 is 0 Å². The van der Waals surface area contributed by atoms with E-state index in [1.165, 1.54) is 103 Å². The summed E-state index contributed by atoms with van der Waals surface area (Å²) in [5, 5.41) is 9.65. The van der Waals surface area contributed by atoms with Gasteiger partial charge in [0, 0.05) is 19.3 Å². The lowest BCUT2D eigenvalue weighted by molar-refractivity contribution is -0.887. The van der Waals surface area contributed by atoms with Crippen LogP contribution in [0.5, 0.6) is 0 Å². The standard InChI is InChI=1S/C55H97NO7/c1-6-8-10-12-14-16-18-20-22-24-25-26-27-28-29-30-32-33-35-37-39-41-43-45-53(57)62-50-51(49-61-48-47-52(55(59)60)56(3,4)5)63-54(58)46-44-42-40-38-36-34-31-23-21-19-17-15-13-11-9-7-2/h9,11,15,17,21,23,25-26,28-29,51-52H,6-8,10,12-14,16,18-20,22,24,27,30-50H2,1-5H3/p+1/b11-9+,17-15+,23-21+,26-25+,29-28+. The number of carbonyl (C=O) groups excluding carboxylic acids is 2. The number of carboxylic acid groups (broad SMARTS) is 1. The largest absolute Gasteiger partial charge is 0.477 e. The number of hydrogen-bond donors (Lipinski definition) is 1. The minimum Gasteiger partial charge on any atom is -0.477 e. The molecule has 0 aliphatic rings. The molecule has 0 rings (SSSR count). The van der Waals surface area contributed by atoms with Gasteiger partial charge in [0.15, 0.2) is 12.1 Å². The van der Waals surface area contributed by atoms with Crippen LogP contribution in [0.4, 0.5) is 0 Å². The topological polar surface area (TPSA) is 99.1 Å². The van der Waals surface area contributed by atoms with Gasteiger partial charge in [0.05, 0.1) is 34.4 Å². The number of carbonyl (C=O) groups is 3. The molecule has 0 radical (unpaired) electrons. The van der Waals surface area contributed by atoms with Crippen molar-refractivity contribution >= 4 is 17.9 Å². The molecule has 2 unspecified atom stereocenters. The van der Waals surface area contributed by atoms with Gasteiger partial charge >= 0.3 is 17.9 Å². The molecule has 0 bridgehead atoms. The first kappa shape index (κ1) is 60.0. The summed E-state index contributed by atoms with van der Waals surface area (Å²) in [6.45, 7) is 4.62. The number of nitrogens with zero attached hydrogens (tertiary/aromatic N) is 1. The van der Waals surface area contributed by atoms with E-state index in [4.69, 9.17) is 14.2 Å².